The van der Waals surface area contributed by atoms with E-state index in [0.717, 1.165) is 6.07 Å². The second-order valence-corrected chi connectivity index (χ2v) is 5.26. The summed E-state index contributed by atoms with van der Waals surface area (Å²) in [6.45, 7) is 1.79. The number of benzene rings is 1. The largest absolute Gasteiger partial charge is 0.478 e. The number of nitrogens with one attached hydrogen (secondary N) is 1. The minimum atomic E-state index is -1.20. The van der Waals surface area contributed by atoms with E-state index in [4.69, 9.17) is 5.11 Å². The van der Waals surface area contributed by atoms with Gasteiger partial charge >= 0.3 is 5.97 Å². The highest BCUT2D eigenvalue weighted by Crippen LogP contribution is 2.18. The number of carboxylic acids is 1. The molecule has 2 N–H and O–H groups in total. The van der Waals surface area contributed by atoms with Gasteiger partial charge in [-0.15, -0.1) is 0 Å². The zero-order chi connectivity index (χ0) is 13.0. The molecule has 1 rings (SSSR count). The van der Waals surface area contributed by atoms with E-state index in [-0.39, 0.29) is 11.6 Å². The summed E-state index contributed by atoms with van der Waals surface area (Å²) in [5, 5.41) is 11.8. The Labute approximate surface area is 101 Å². The average molecular weight is 259 g/mol. The minimum Gasteiger partial charge on any atom is -0.478 e. The van der Waals surface area contributed by atoms with Gasteiger partial charge in [0.2, 0.25) is 0 Å². The number of aromatic carboxylic acids is 1. The summed E-state index contributed by atoms with van der Waals surface area (Å²) >= 11 is 0. The standard InChI is InChI=1S/C11H14FNO3S/c1-7(6-17(2)16)13-10-4-3-8(12)5-9(10)11(14)15/h3-5,7,13H,6H2,1-2H3,(H,14,15). The fraction of sp³-hybridized carbons (Fsp3) is 0.364. The van der Waals surface area contributed by atoms with Gasteiger partial charge in [0.15, 0.2) is 0 Å². The van der Waals surface area contributed by atoms with E-state index in [1.807, 2.05) is 0 Å². The summed E-state index contributed by atoms with van der Waals surface area (Å²) < 4.78 is 23.9. The molecule has 0 fully saturated rings. The highest BCUT2D eigenvalue weighted by atomic mass is 32.2. The first-order valence-corrected chi connectivity index (χ1v) is 6.72. The van der Waals surface area contributed by atoms with Gasteiger partial charge in [-0.3, -0.25) is 4.21 Å². The Morgan fingerprint density at radius 2 is 2.24 bits per heavy atom. The highest BCUT2D eigenvalue weighted by Gasteiger charge is 2.13. The number of halogens is 1. The topological polar surface area (TPSA) is 66.4 Å². The summed E-state index contributed by atoms with van der Waals surface area (Å²) in [6.07, 6.45) is 1.57. The molecule has 0 amide bonds. The molecule has 0 spiro atoms. The van der Waals surface area contributed by atoms with Crippen LogP contribution >= 0.6 is 0 Å². The van der Waals surface area contributed by atoms with E-state index < -0.39 is 22.6 Å². The molecular weight excluding hydrogens is 245 g/mol. The lowest BCUT2D eigenvalue weighted by molar-refractivity contribution is 0.0697. The smallest absolute Gasteiger partial charge is 0.337 e. The van der Waals surface area contributed by atoms with Crippen LogP contribution < -0.4 is 5.32 Å². The maximum atomic E-state index is 12.9. The number of hydrogen-bond acceptors (Lipinski definition) is 3. The fourth-order valence-electron chi connectivity index (χ4n) is 1.48. The van der Waals surface area contributed by atoms with Gasteiger partial charge in [0.25, 0.3) is 0 Å². The lowest BCUT2D eigenvalue weighted by Gasteiger charge is -2.15. The Hall–Kier alpha value is -1.43. The van der Waals surface area contributed by atoms with E-state index in [0.29, 0.717) is 11.4 Å². The molecule has 0 saturated heterocycles. The van der Waals surface area contributed by atoms with Crippen molar-refractivity contribution in [3.05, 3.63) is 29.6 Å². The first-order valence-electron chi connectivity index (χ1n) is 4.99. The van der Waals surface area contributed by atoms with E-state index in [9.17, 15) is 13.4 Å². The summed E-state index contributed by atoms with van der Waals surface area (Å²) in [6, 6.07) is 3.36. The van der Waals surface area contributed by atoms with Gasteiger partial charge in [-0.05, 0) is 25.1 Å². The molecule has 2 unspecified atom stereocenters. The van der Waals surface area contributed by atoms with Crippen LogP contribution in [0.4, 0.5) is 10.1 Å². The maximum absolute atomic E-state index is 12.9. The first kappa shape index (κ1) is 13.6. The third-order valence-electron chi connectivity index (χ3n) is 2.10. The highest BCUT2D eigenvalue weighted by molar-refractivity contribution is 7.84. The van der Waals surface area contributed by atoms with Crippen LogP contribution in [-0.4, -0.2) is 33.3 Å². The van der Waals surface area contributed by atoms with Crippen molar-refractivity contribution in [1.29, 1.82) is 0 Å². The molecule has 6 heteroatoms. The average Bonchev–Trinajstić information content (AvgIpc) is 2.19. The first-order chi connectivity index (χ1) is 7.90. The van der Waals surface area contributed by atoms with E-state index >= 15 is 0 Å². The fourth-order valence-corrected chi connectivity index (χ4v) is 2.27. The molecule has 4 nitrogen and oxygen atoms in total. The molecule has 0 radical (unpaired) electrons. The number of carboxylic acid groups (broad SMARTS) is 1. The van der Waals surface area contributed by atoms with Crippen LogP contribution in [0.3, 0.4) is 0 Å². The van der Waals surface area contributed by atoms with Crippen molar-refractivity contribution in [2.45, 2.75) is 13.0 Å². The van der Waals surface area contributed by atoms with E-state index in [1.165, 1.54) is 12.1 Å². The van der Waals surface area contributed by atoms with Crippen molar-refractivity contribution in [2.24, 2.45) is 0 Å². The van der Waals surface area contributed by atoms with Gasteiger partial charge in [0.05, 0.1) is 5.56 Å². The number of anilines is 1. The maximum Gasteiger partial charge on any atom is 0.337 e. The summed E-state index contributed by atoms with van der Waals surface area (Å²) in [7, 11) is -0.975. The predicted molar refractivity (Wildman–Crippen MR) is 65.4 cm³/mol. The van der Waals surface area contributed by atoms with Crippen molar-refractivity contribution in [1.82, 2.24) is 0 Å². The van der Waals surface area contributed by atoms with Gasteiger partial charge in [-0.1, -0.05) is 0 Å². The van der Waals surface area contributed by atoms with Gasteiger partial charge in [-0.25, -0.2) is 9.18 Å². The van der Waals surface area contributed by atoms with Crippen molar-refractivity contribution >= 4 is 22.5 Å². The SMILES string of the molecule is CC(CS(C)=O)Nc1ccc(F)cc1C(=O)O. The number of hydrogen-bond donors (Lipinski definition) is 2. The quantitative estimate of drug-likeness (QED) is 0.844. The molecule has 0 saturated carbocycles. The summed E-state index contributed by atoms with van der Waals surface area (Å²) in [4.78, 5) is 10.9. The molecule has 0 heterocycles. The Morgan fingerprint density at radius 3 is 2.76 bits per heavy atom. The Kier molecular flexibility index (Phi) is 4.62. The second kappa shape index (κ2) is 5.77. The number of carbonyl (C=O) groups is 1. The van der Waals surface area contributed by atoms with Crippen LogP contribution in [0.15, 0.2) is 18.2 Å². The summed E-state index contributed by atoms with van der Waals surface area (Å²) in [5.41, 5.74) is 0.204. The summed E-state index contributed by atoms with van der Waals surface area (Å²) in [5.74, 6) is -1.40. The lowest BCUT2D eigenvalue weighted by Crippen LogP contribution is -2.23. The Morgan fingerprint density at radius 1 is 1.59 bits per heavy atom. The van der Waals surface area contributed by atoms with Crippen LogP contribution in [-0.2, 0) is 10.8 Å². The third-order valence-corrected chi connectivity index (χ3v) is 3.07. The molecule has 17 heavy (non-hydrogen) atoms. The Balaban J connectivity index is 2.90. The van der Waals surface area contributed by atoms with Gasteiger partial charge in [-0.2, -0.15) is 0 Å². The molecule has 0 aromatic heterocycles. The third kappa shape index (κ3) is 4.14. The van der Waals surface area contributed by atoms with E-state index in [2.05, 4.69) is 5.32 Å². The van der Waals surface area contributed by atoms with Crippen molar-refractivity contribution < 1.29 is 18.5 Å². The predicted octanol–water partition coefficient (Wildman–Crippen LogP) is 1.70. The van der Waals surface area contributed by atoms with Crippen LogP contribution in [0.2, 0.25) is 0 Å². The van der Waals surface area contributed by atoms with Gasteiger partial charge < -0.3 is 10.4 Å². The van der Waals surface area contributed by atoms with Crippen LogP contribution in [0, 0.1) is 5.82 Å². The molecule has 0 aliphatic carbocycles. The Bertz CT molecular complexity index is 450. The lowest BCUT2D eigenvalue weighted by atomic mass is 10.1. The molecular formula is C11H14FNO3S. The zero-order valence-electron chi connectivity index (χ0n) is 9.57. The molecule has 0 bridgehead atoms. The van der Waals surface area contributed by atoms with Gasteiger partial charge in [0, 0.05) is 34.5 Å². The molecule has 1 aromatic rings. The monoisotopic (exact) mass is 259 g/mol. The van der Waals surface area contributed by atoms with Crippen LogP contribution in [0.1, 0.15) is 17.3 Å². The molecule has 1 aromatic carbocycles. The van der Waals surface area contributed by atoms with Crippen molar-refractivity contribution in [3.8, 4) is 0 Å². The molecule has 2 atom stereocenters. The zero-order valence-corrected chi connectivity index (χ0v) is 10.4. The van der Waals surface area contributed by atoms with E-state index in [1.54, 1.807) is 13.2 Å². The number of rotatable bonds is 5. The second-order valence-electron chi connectivity index (χ2n) is 3.78. The minimum absolute atomic E-state index is 0.126. The van der Waals surface area contributed by atoms with Crippen LogP contribution in [0.25, 0.3) is 0 Å². The van der Waals surface area contributed by atoms with Crippen molar-refractivity contribution in [2.75, 3.05) is 17.3 Å². The molecule has 94 valence electrons. The normalized spacial score (nSPS) is 14.1. The van der Waals surface area contributed by atoms with Crippen molar-refractivity contribution in [3.63, 3.8) is 0 Å². The van der Waals surface area contributed by atoms with Gasteiger partial charge in [0.1, 0.15) is 5.82 Å². The molecule has 0 aliphatic rings. The molecule has 0 aliphatic heterocycles. The van der Waals surface area contributed by atoms with Crippen LogP contribution in [0.5, 0.6) is 0 Å².